The lowest BCUT2D eigenvalue weighted by atomic mass is 10.2. The lowest BCUT2D eigenvalue weighted by molar-refractivity contribution is -0.124. The molecule has 1 fully saturated rings. The summed E-state index contributed by atoms with van der Waals surface area (Å²) in [6.45, 7) is 2.74. The molecule has 2 rings (SSSR count). The van der Waals surface area contributed by atoms with Crippen molar-refractivity contribution in [2.24, 2.45) is 5.73 Å². The van der Waals surface area contributed by atoms with Gasteiger partial charge < -0.3 is 11.1 Å². The highest BCUT2D eigenvalue weighted by Gasteiger charge is 2.39. The predicted molar refractivity (Wildman–Crippen MR) is 89.8 cm³/mol. The molecule has 3 N–H and O–H groups in total. The maximum Gasteiger partial charge on any atom is 0.253 e. The van der Waals surface area contributed by atoms with Crippen molar-refractivity contribution in [2.75, 3.05) is 13.1 Å². The van der Waals surface area contributed by atoms with E-state index in [1.54, 1.807) is 17.5 Å². The van der Waals surface area contributed by atoms with Gasteiger partial charge in [-0.15, -0.1) is 23.7 Å². The van der Waals surface area contributed by atoms with Gasteiger partial charge in [-0.05, 0) is 37.6 Å². The van der Waals surface area contributed by atoms with Crippen molar-refractivity contribution in [1.29, 1.82) is 0 Å². The fourth-order valence-corrected chi connectivity index (χ4v) is 5.13. The van der Waals surface area contributed by atoms with Crippen molar-refractivity contribution < 1.29 is 13.2 Å². The molecule has 22 heavy (non-hydrogen) atoms. The maximum absolute atomic E-state index is 12.5. The number of halogens is 1. The van der Waals surface area contributed by atoms with Gasteiger partial charge in [0.05, 0.1) is 0 Å². The number of carbonyl (C=O) groups is 1. The Morgan fingerprint density at radius 2 is 2.32 bits per heavy atom. The monoisotopic (exact) mass is 367 g/mol. The third kappa shape index (κ3) is 4.42. The summed E-state index contributed by atoms with van der Waals surface area (Å²) in [4.78, 5) is 12.2. The molecule has 0 bridgehead atoms. The van der Waals surface area contributed by atoms with Gasteiger partial charge in [-0.1, -0.05) is 6.07 Å². The van der Waals surface area contributed by atoms with Crippen molar-refractivity contribution in [3.05, 3.63) is 17.5 Å². The Balaban J connectivity index is 0.00000242. The van der Waals surface area contributed by atoms with Crippen LogP contribution in [0.1, 0.15) is 26.2 Å². The zero-order valence-corrected chi connectivity index (χ0v) is 14.8. The predicted octanol–water partition coefficient (Wildman–Crippen LogP) is 1.18. The minimum atomic E-state index is -3.56. The summed E-state index contributed by atoms with van der Waals surface area (Å²) < 4.78 is 26.7. The molecule has 0 saturated carbocycles. The number of thiophene rings is 1. The quantitative estimate of drug-likeness (QED) is 0.789. The van der Waals surface area contributed by atoms with Crippen LogP contribution in [0.2, 0.25) is 0 Å². The summed E-state index contributed by atoms with van der Waals surface area (Å²) in [6, 6.07) is 2.68. The Hall–Kier alpha value is -0.670. The molecule has 1 aromatic rings. The second-order valence-electron chi connectivity index (χ2n) is 5.26. The van der Waals surface area contributed by atoms with Gasteiger partial charge in [0.2, 0.25) is 5.91 Å². The molecule has 6 nitrogen and oxygen atoms in total. The average Bonchev–Trinajstić information content (AvgIpc) is 3.10. The van der Waals surface area contributed by atoms with E-state index >= 15 is 0 Å². The molecule has 126 valence electrons. The molecule has 2 atom stereocenters. The van der Waals surface area contributed by atoms with Crippen LogP contribution in [-0.2, 0) is 14.8 Å². The van der Waals surface area contributed by atoms with Crippen LogP contribution in [0.25, 0.3) is 0 Å². The summed E-state index contributed by atoms with van der Waals surface area (Å²) in [6.07, 6.45) is 1.95. The van der Waals surface area contributed by atoms with E-state index in [0.29, 0.717) is 32.4 Å². The van der Waals surface area contributed by atoms with Crippen LogP contribution < -0.4 is 11.1 Å². The van der Waals surface area contributed by atoms with Gasteiger partial charge in [0.1, 0.15) is 10.3 Å². The number of rotatable bonds is 6. The van der Waals surface area contributed by atoms with E-state index < -0.39 is 16.1 Å². The van der Waals surface area contributed by atoms with Gasteiger partial charge in [-0.2, -0.15) is 4.31 Å². The molecule has 0 spiro atoms. The van der Waals surface area contributed by atoms with Crippen LogP contribution in [-0.4, -0.2) is 43.8 Å². The first-order chi connectivity index (χ1) is 9.93. The van der Waals surface area contributed by atoms with Gasteiger partial charge in [-0.3, -0.25) is 4.79 Å². The van der Waals surface area contributed by atoms with Gasteiger partial charge in [0.15, 0.2) is 0 Å². The van der Waals surface area contributed by atoms with E-state index in [1.807, 2.05) is 6.92 Å². The van der Waals surface area contributed by atoms with E-state index in [1.165, 1.54) is 15.6 Å². The van der Waals surface area contributed by atoms with Crippen molar-refractivity contribution in [3.8, 4) is 0 Å². The molecule has 0 aromatic carbocycles. The van der Waals surface area contributed by atoms with Crippen molar-refractivity contribution in [2.45, 2.75) is 42.5 Å². The molecule has 0 radical (unpaired) electrons. The number of amides is 1. The van der Waals surface area contributed by atoms with Crippen LogP contribution in [0, 0.1) is 0 Å². The molecule has 1 aliphatic heterocycles. The van der Waals surface area contributed by atoms with Gasteiger partial charge in [0.25, 0.3) is 10.0 Å². The van der Waals surface area contributed by atoms with Crippen molar-refractivity contribution in [3.63, 3.8) is 0 Å². The number of sulfonamides is 1. The highest BCUT2D eigenvalue weighted by atomic mass is 35.5. The molecule has 0 aliphatic carbocycles. The number of nitrogens with zero attached hydrogens (tertiary/aromatic N) is 1. The van der Waals surface area contributed by atoms with Crippen LogP contribution in [0.3, 0.4) is 0 Å². The fourth-order valence-electron chi connectivity index (χ4n) is 2.36. The molecule has 1 amide bonds. The molecule has 2 heterocycles. The normalized spacial score (nSPS) is 20.4. The third-order valence-corrected chi connectivity index (χ3v) is 6.74. The Bertz CT molecular complexity index is 575. The van der Waals surface area contributed by atoms with Gasteiger partial charge in [-0.25, -0.2) is 8.42 Å². The first-order valence-corrected chi connectivity index (χ1v) is 9.33. The van der Waals surface area contributed by atoms with Crippen LogP contribution in [0.5, 0.6) is 0 Å². The van der Waals surface area contributed by atoms with Crippen LogP contribution in [0.4, 0.5) is 0 Å². The molecule has 2 unspecified atom stereocenters. The van der Waals surface area contributed by atoms with E-state index in [2.05, 4.69) is 5.32 Å². The summed E-state index contributed by atoms with van der Waals surface area (Å²) in [5.74, 6) is -0.228. The lowest BCUT2D eigenvalue weighted by Gasteiger charge is -2.22. The van der Waals surface area contributed by atoms with Crippen molar-refractivity contribution >= 4 is 39.7 Å². The standard InChI is InChI=1S/C13H21N3O3S2.ClH/c1-10(14)6-7-15-13(17)11-4-2-8-16(11)21(18,19)12-5-3-9-20-12;/h3,5,9-11H,2,4,6-8,14H2,1H3,(H,15,17);1H. The minimum absolute atomic E-state index is 0. The largest absolute Gasteiger partial charge is 0.355 e. The number of nitrogens with one attached hydrogen (secondary N) is 1. The lowest BCUT2D eigenvalue weighted by Crippen LogP contribution is -2.46. The van der Waals surface area contributed by atoms with Gasteiger partial charge >= 0.3 is 0 Å². The average molecular weight is 368 g/mol. The number of carbonyl (C=O) groups excluding carboxylic acids is 1. The highest BCUT2D eigenvalue weighted by molar-refractivity contribution is 7.91. The summed E-state index contributed by atoms with van der Waals surface area (Å²) in [7, 11) is -3.56. The molecule has 1 saturated heterocycles. The summed E-state index contributed by atoms with van der Waals surface area (Å²) >= 11 is 1.17. The Labute approximate surface area is 141 Å². The first kappa shape index (κ1) is 19.4. The van der Waals surface area contributed by atoms with E-state index in [-0.39, 0.29) is 28.6 Å². The Morgan fingerprint density at radius 1 is 1.59 bits per heavy atom. The second kappa shape index (κ2) is 8.26. The fraction of sp³-hybridized carbons (Fsp3) is 0.615. The van der Waals surface area contributed by atoms with E-state index in [4.69, 9.17) is 5.73 Å². The molecule has 1 aromatic heterocycles. The smallest absolute Gasteiger partial charge is 0.253 e. The van der Waals surface area contributed by atoms with E-state index in [9.17, 15) is 13.2 Å². The maximum atomic E-state index is 12.5. The SMILES string of the molecule is CC(N)CCNC(=O)C1CCCN1S(=O)(=O)c1cccs1.Cl. The molecular weight excluding hydrogens is 346 g/mol. The molecule has 9 heteroatoms. The summed E-state index contributed by atoms with van der Waals surface area (Å²) in [5, 5.41) is 4.50. The number of hydrogen-bond donors (Lipinski definition) is 2. The first-order valence-electron chi connectivity index (χ1n) is 7.01. The Kier molecular flexibility index (Phi) is 7.27. The van der Waals surface area contributed by atoms with Crippen molar-refractivity contribution in [1.82, 2.24) is 9.62 Å². The van der Waals surface area contributed by atoms with Crippen LogP contribution in [0.15, 0.2) is 21.7 Å². The third-order valence-electron chi connectivity index (χ3n) is 3.46. The topological polar surface area (TPSA) is 92.5 Å². The minimum Gasteiger partial charge on any atom is -0.355 e. The summed E-state index contributed by atoms with van der Waals surface area (Å²) in [5.41, 5.74) is 5.64. The Morgan fingerprint density at radius 3 is 2.91 bits per heavy atom. The van der Waals surface area contributed by atoms with Crippen LogP contribution >= 0.6 is 23.7 Å². The van der Waals surface area contributed by atoms with E-state index in [0.717, 1.165) is 0 Å². The second-order valence-corrected chi connectivity index (χ2v) is 8.33. The number of nitrogens with two attached hydrogens (primary N) is 1. The molecule has 1 aliphatic rings. The van der Waals surface area contributed by atoms with Gasteiger partial charge in [0, 0.05) is 19.1 Å². The zero-order chi connectivity index (χ0) is 15.5. The highest BCUT2D eigenvalue weighted by Crippen LogP contribution is 2.28. The zero-order valence-electron chi connectivity index (χ0n) is 12.4. The molecular formula is C13H22ClN3O3S2. The number of hydrogen-bond acceptors (Lipinski definition) is 5.